The van der Waals surface area contributed by atoms with Crippen LogP contribution in [0.1, 0.15) is 13.8 Å². The zero-order valence-corrected chi connectivity index (χ0v) is 12.7. The fraction of sp³-hybridized carbons (Fsp3) is 0.538. The molecule has 0 radical (unpaired) electrons. The predicted octanol–water partition coefficient (Wildman–Crippen LogP) is -0.335. The number of hydrogen-bond acceptors (Lipinski definition) is 5. The molecule has 6 nitrogen and oxygen atoms in total. The fourth-order valence-electron chi connectivity index (χ4n) is 1.92. The summed E-state index contributed by atoms with van der Waals surface area (Å²) >= 11 is 0. The van der Waals surface area contributed by atoms with Crippen molar-refractivity contribution in [2.75, 3.05) is 26.7 Å². The van der Waals surface area contributed by atoms with Crippen molar-refractivity contribution in [2.24, 2.45) is 0 Å². The predicted molar refractivity (Wildman–Crippen MR) is 78.1 cm³/mol. The second-order valence-corrected chi connectivity index (χ2v) is 5.29. The minimum Gasteiger partial charge on any atom is -0.371 e. The van der Waals surface area contributed by atoms with E-state index in [0.29, 0.717) is 24.2 Å². The van der Waals surface area contributed by atoms with Gasteiger partial charge in [-0.25, -0.2) is 0 Å². The minimum atomic E-state index is -2.42. The Morgan fingerprint density at radius 3 is 2.60 bits per heavy atom. The number of hydrogen-bond donors (Lipinski definition) is 2. The Balaban J connectivity index is 2.89. The molecule has 7 heteroatoms. The third-order valence-electron chi connectivity index (χ3n) is 2.82. The van der Waals surface area contributed by atoms with Crippen LogP contribution in [-0.2, 0) is 19.8 Å². The third kappa shape index (κ3) is 4.29. The van der Waals surface area contributed by atoms with Crippen molar-refractivity contribution in [1.29, 1.82) is 0 Å². The van der Waals surface area contributed by atoms with Gasteiger partial charge in [0.2, 0.25) is 16.2 Å². The van der Waals surface area contributed by atoms with Crippen molar-refractivity contribution in [3.8, 4) is 0 Å². The van der Waals surface area contributed by atoms with Crippen LogP contribution in [0.4, 0.5) is 0 Å². The lowest BCUT2D eigenvalue weighted by Crippen LogP contribution is -2.39. The number of carbonyl (C=O) groups excluding carboxylic acids is 1. The van der Waals surface area contributed by atoms with Crippen molar-refractivity contribution >= 4 is 21.1 Å². The number of carbonyl (C=O) groups is 1. The van der Waals surface area contributed by atoms with E-state index in [1.54, 1.807) is 13.0 Å². The number of likely N-dealkylation sites (N-methyl/N-ethyl adjacent to an activating group) is 1. The molecular formula is C13H20N2O4S. The van der Waals surface area contributed by atoms with Crippen molar-refractivity contribution in [2.45, 2.75) is 20.0 Å². The molecule has 2 N–H and O–H groups in total. The van der Waals surface area contributed by atoms with E-state index in [1.165, 1.54) is 13.2 Å². The van der Waals surface area contributed by atoms with E-state index in [9.17, 15) is 13.2 Å². The molecule has 0 aromatic heterocycles. The molecule has 0 bridgehead atoms. The number of ether oxygens (including phenoxy) is 1. The highest BCUT2D eigenvalue weighted by Gasteiger charge is 2.28. The lowest BCUT2D eigenvalue weighted by atomic mass is 9.96. The van der Waals surface area contributed by atoms with E-state index in [-0.39, 0.29) is 10.8 Å². The maximum Gasteiger partial charge on any atom is 0.250 e. The van der Waals surface area contributed by atoms with Gasteiger partial charge in [0.25, 0.3) is 0 Å². The second kappa shape index (κ2) is 7.98. The van der Waals surface area contributed by atoms with E-state index in [0.717, 1.165) is 6.54 Å². The number of allylic oxidation sites excluding steroid dienone is 2. The van der Waals surface area contributed by atoms with E-state index in [2.05, 4.69) is 10.6 Å². The van der Waals surface area contributed by atoms with Gasteiger partial charge in [0.1, 0.15) is 11.0 Å². The zero-order valence-electron chi connectivity index (χ0n) is 11.9. The Bertz CT molecular complexity index is 553. The maximum absolute atomic E-state index is 12.1. The Labute approximate surface area is 120 Å². The first-order valence-corrected chi connectivity index (χ1v) is 7.46. The van der Waals surface area contributed by atoms with Gasteiger partial charge >= 0.3 is 0 Å². The van der Waals surface area contributed by atoms with Gasteiger partial charge < -0.3 is 15.4 Å². The summed E-state index contributed by atoms with van der Waals surface area (Å²) in [6.07, 6.45) is 2.30. The molecule has 1 atom stereocenters. The van der Waals surface area contributed by atoms with Crippen LogP contribution in [0.3, 0.4) is 0 Å². The summed E-state index contributed by atoms with van der Waals surface area (Å²) in [5.41, 5.74) is 1.01. The largest absolute Gasteiger partial charge is 0.371 e. The van der Waals surface area contributed by atoms with Crippen molar-refractivity contribution < 1.29 is 17.9 Å². The molecule has 0 aromatic carbocycles. The topological polar surface area (TPSA) is 84.5 Å². The van der Waals surface area contributed by atoms with Gasteiger partial charge in [-0.3, -0.25) is 4.79 Å². The summed E-state index contributed by atoms with van der Waals surface area (Å²) in [5, 5.41) is 5.83. The monoisotopic (exact) mass is 300 g/mol. The van der Waals surface area contributed by atoms with Gasteiger partial charge in [0.15, 0.2) is 0 Å². The minimum absolute atomic E-state index is 0.0735. The first-order valence-electron chi connectivity index (χ1n) is 6.39. The molecule has 0 aliphatic heterocycles. The van der Waals surface area contributed by atoms with Crippen LogP contribution in [0.15, 0.2) is 23.3 Å². The average Bonchev–Trinajstić information content (AvgIpc) is 2.42. The summed E-state index contributed by atoms with van der Waals surface area (Å²) in [5.74, 6) is -0.315. The van der Waals surface area contributed by atoms with Crippen LogP contribution in [0.2, 0.25) is 0 Å². The molecular weight excluding hydrogens is 280 g/mol. The molecule has 1 unspecified atom stereocenters. The van der Waals surface area contributed by atoms with Crippen LogP contribution >= 0.6 is 0 Å². The molecule has 0 heterocycles. The van der Waals surface area contributed by atoms with Crippen LogP contribution < -0.4 is 10.6 Å². The van der Waals surface area contributed by atoms with Gasteiger partial charge in [-0.15, -0.1) is 0 Å². The molecule has 0 saturated carbocycles. The number of rotatable bonds is 6. The first kappa shape index (κ1) is 16.6. The Morgan fingerprint density at radius 1 is 1.35 bits per heavy atom. The van der Waals surface area contributed by atoms with Gasteiger partial charge in [-0.2, -0.15) is 8.42 Å². The van der Waals surface area contributed by atoms with Crippen LogP contribution in [-0.4, -0.2) is 52.0 Å². The Morgan fingerprint density at radius 2 is 2.05 bits per heavy atom. The molecule has 0 saturated heterocycles. The van der Waals surface area contributed by atoms with E-state index >= 15 is 0 Å². The van der Waals surface area contributed by atoms with Crippen molar-refractivity contribution in [3.63, 3.8) is 0 Å². The highest BCUT2D eigenvalue weighted by atomic mass is 32.2. The van der Waals surface area contributed by atoms with E-state index < -0.39 is 16.4 Å². The molecule has 112 valence electrons. The van der Waals surface area contributed by atoms with Gasteiger partial charge in [-0.1, -0.05) is 6.92 Å². The zero-order chi connectivity index (χ0) is 15.1. The fourth-order valence-corrected chi connectivity index (χ4v) is 2.60. The highest BCUT2D eigenvalue weighted by molar-refractivity contribution is 7.73. The molecule has 1 aliphatic carbocycles. The highest BCUT2D eigenvalue weighted by Crippen LogP contribution is 2.18. The lowest BCUT2D eigenvalue weighted by molar-refractivity contribution is -0.118. The van der Waals surface area contributed by atoms with Crippen LogP contribution in [0.25, 0.3) is 0 Å². The maximum atomic E-state index is 12.1. The molecule has 0 spiro atoms. The quantitative estimate of drug-likeness (QED) is 0.518. The average molecular weight is 300 g/mol. The molecule has 20 heavy (non-hydrogen) atoms. The van der Waals surface area contributed by atoms with Crippen LogP contribution in [0.5, 0.6) is 0 Å². The van der Waals surface area contributed by atoms with Crippen LogP contribution in [0, 0.1) is 0 Å². The number of amides is 1. The SMILES string of the molecule is CCNCCNC(=O)C1=CC(C)=CC(=S(=O)=O)C1OC. The summed E-state index contributed by atoms with van der Waals surface area (Å²) < 4.78 is 27.6. The van der Waals surface area contributed by atoms with E-state index in [1.807, 2.05) is 6.92 Å². The van der Waals surface area contributed by atoms with Gasteiger partial charge in [0, 0.05) is 20.2 Å². The molecule has 1 amide bonds. The summed E-state index contributed by atoms with van der Waals surface area (Å²) in [4.78, 5) is 12.2. The molecule has 1 aliphatic rings. The third-order valence-corrected chi connectivity index (χ3v) is 3.54. The standard InChI is InChI=1S/C13H20N2O4S/c1-4-14-5-6-15-13(16)10-7-9(2)8-11(20(17)18)12(10)19-3/h7-8,12,14H,4-6H2,1-3H3,(H,15,16). The molecule has 0 fully saturated rings. The number of methoxy groups -OCH3 is 1. The van der Waals surface area contributed by atoms with Gasteiger partial charge in [0.05, 0.1) is 5.57 Å². The van der Waals surface area contributed by atoms with E-state index in [4.69, 9.17) is 4.74 Å². The van der Waals surface area contributed by atoms with Gasteiger partial charge in [-0.05, 0) is 31.2 Å². The first-order chi connectivity index (χ1) is 9.51. The lowest BCUT2D eigenvalue weighted by Gasteiger charge is -2.21. The Kier molecular flexibility index (Phi) is 6.63. The smallest absolute Gasteiger partial charge is 0.250 e. The van der Waals surface area contributed by atoms with Crippen molar-refractivity contribution in [3.05, 3.63) is 23.3 Å². The summed E-state index contributed by atoms with van der Waals surface area (Å²) in [6, 6.07) is 0. The summed E-state index contributed by atoms with van der Waals surface area (Å²) in [7, 11) is -1.04. The second-order valence-electron chi connectivity index (χ2n) is 4.35. The Hall–Kier alpha value is -1.44. The normalized spacial score (nSPS) is 18.4. The molecule has 0 aromatic rings. The molecule has 1 rings (SSSR count). The summed E-state index contributed by atoms with van der Waals surface area (Å²) in [6.45, 7) is 5.68. The van der Waals surface area contributed by atoms with Crippen molar-refractivity contribution in [1.82, 2.24) is 10.6 Å². The number of nitrogens with one attached hydrogen (secondary N) is 2.